The van der Waals surface area contributed by atoms with Crippen molar-refractivity contribution in [3.05, 3.63) is 16.1 Å². The van der Waals surface area contributed by atoms with Crippen LogP contribution in [0, 0.1) is 0 Å². The molecule has 2 fully saturated rings. The fourth-order valence-corrected chi connectivity index (χ4v) is 3.89. The second-order valence-electron chi connectivity index (χ2n) is 5.38. The molecule has 1 aromatic rings. The maximum absolute atomic E-state index is 12.2. The Morgan fingerprint density at radius 1 is 1.26 bits per heavy atom. The molecule has 5 heteroatoms. The van der Waals surface area contributed by atoms with Crippen molar-refractivity contribution in [3.63, 3.8) is 0 Å². The number of carbonyl (C=O) groups excluding carboxylic acids is 2. The topological polar surface area (TPSA) is 50.3 Å². The molecule has 1 aliphatic carbocycles. The lowest BCUT2D eigenvalue weighted by Gasteiger charge is -2.18. The third kappa shape index (κ3) is 2.71. The molecule has 2 heterocycles. The highest BCUT2D eigenvalue weighted by molar-refractivity contribution is 7.13. The minimum Gasteiger partial charge on any atom is -0.338 e. The fourth-order valence-electron chi connectivity index (χ4n) is 2.84. The normalized spacial score (nSPS) is 21.1. The first-order valence-electron chi connectivity index (χ1n) is 7.01. The lowest BCUT2D eigenvalue weighted by Crippen LogP contribution is -2.26. The number of hydrogen-bond acceptors (Lipinski definition) is 4. The highest BCUT2D eigenvalue weighted by atomic mass is 32.1. The molecule has 0 unspecified atom stereocenters. The van der Waals surface area contributed by atoms with E-state index in [9.17, 15) is 9.59 Å². The number of likely N-dealkylation sites (tertiary alicyclic amines) is 1. The first kappa shape index (κ1) is 12.8. The van der Waals surface area contributed by atoms with Gasteiger partial charge in [-0.2, -0.15) is 0 Å². The summed E-state index contributed by atoms with van der Waals surface area (Å²) in [5.41, 5.74) is 0. The van der Waals surface area contributed by atoms with Gasteiger partial charge in [0.15, 0.2) is 0 Å². The van der Waals surface area contributed by atoms with E-state index in [0.717, 1.165) is 48.7 Å². The van der Waals surface area contributed by atoms with Crippen molar-refractivity contribution in [1.82, 2.24) is 9.88 Å². The minimum absolute atomic E-state index is 0.133. The molecule has 2 aliphatic rings. The Balaban J connectivity index is 1.68. The number of hydrogen-bond donors (Lipinski definition) is 0. The van der Waals surface area contributed by atoms with Gasteiger partial charge in [-0.15, -0.1) is 11.3 Å². The summed E-state index contributed by atoms with van der Waals surface area (Å²) in [6.07, 6.45) is 7.06. The number of ketones is 1. The molecule has 4 nitrogen and oxygen atoms in total. The average molecular weight is 278 g/mol. The molecule has 102 valence electrons. The Kier molecular flexibility index (Phi) is 3.64. The number of rotatable bonds is 2. The van der Waals surface area contributed by atoms with Crippen LogP contribution in [0.25, 0.3) is 0 Å². The van der Waals surface area contributed by atoms with Crippen LogP contribution < -0.4 is 0 Å². The van der Waals surface area contributed by atoms with Crippen molar-refractivity contribution in [2.45, 2.75) is 44.4 Å². The summed E-state index contributed by atoms with van der Waals surface area (Å²) in [5.74, 6) is 0.872. The fraction of sp³-hybridized carbons (Fsp3) is 0.643. The largest absolute Gasteiger partial charge is 0.338 e. The summed E-state index contributed by atoms with van der Waals surface area (Å²) in [7, 11) is 0. The summed E-state index contributed by atoms with van der Waals surface area (Å²) in [6.45, 7) is 1.76. The smallest absolute Gasteiger partial charge is 0.265 e. The quantitative estimate of drug-likeness (QED) is 0.835. The van der Waals surface area contributed by atoms with E-state index in [1.807, 2.05) is 4.90 Å². The van der Waals surface area contributed by atoms with E-state index in [4.69, 9.17) is 0 Å². The van der Waals surface area contributed by atoms with Crippen LogP contribution in [-0.2, 0) is 4.79 Å². The molecule has 1 saturated carbocycles. The molecule has 0 radical (unpaired) electrons. The molecule has 1 aromatic heterocycles. The van der Waals surface area contributed by atoms with E-state index in [1.165, 1.54) is 11.3 Å². The number of nitrogens with zero attached hydrogens (tertiary/aromatic N) is 2. The number of aromatic nitrogens is 1. The molecule has 0 bridgehead atoms. The first-order chi connectivity index (χ1) is 9.24. The zero-order valence-electron chi connectivity index (χ0n) is 10.9. The standard InChI is InChI=1S/C14H18N2O2S/c17-11-5-3-10(4-6-11)13-15-9-12(19-13)14(18)16-7-1-2-8-16/h9-10H,1-8H2. The van der Waals surface area contributed by atoms with Crippen LogP contribution >= 0.6 is 11.3 Å². The summed E-state index contributed by atoms with van der Waals surface area (Å²) >= 11 is 1.52. The van der Waals surface area contributed by atoms with Gasteiger partial charge in [0.2, 0.25) is 0 Å². The van der Waals surface area contributed by atoms with Gasteiger partial charge < -0.3 is 4.90 Å². The van der Waals surface area contributed by atoms with Gasteiger partial charge in [0.05, 0.1) is 11.2 Å². The third-order valence-corrected chi connectivity index (χ3v) is 5.17. The summed E-state index contributed by atoms with van der Waals surface area (Å²) in [4.78, 5) is 30.6. The van der Waals surface area contributed by atoms with Gasteiger partial charge in [-0.05, 0) is 25.7 Å². The van der Waals surface area contributed by atoms with Gasteiger partial charge in [-0.3, -0.25) is 9.59 Å². The molecule has 3 rings (SSSR count). The first-order valence-corrected chi connectivity index (χ1v) is 7.82. The van der Waals surface area contributed by atoms with Crippen LogP contribution in [0.2, 0.25) is 0 Å². The van der Waals surface area contributed by atoms with Crippen molar-refractivity contribution in [2.75, 3.05) is 13.1 Å². The minimum atomic E-state index is 0.133. The zero-order chi connectivity index (χ0) is 13.2. The lowest BCUT2D eigenvalue weighted by molar-refractivity contribution is -0.120. The van der Waals surface area contributed by atoms with E-state index in [0.29, 0.717) is 24.5 Å². The molecule has 0 aromatic carbocycles. The second-order valence-corrected chi connectivity index (χ2v) is 6.44. The molecule has 1 aliphatic heterocycles. The van der Waals surface area contributed by atoms with Crippen LogP contribution in [0.5, 0.6) is 0 Å². The summed E-state index contributed by atoms with van der Waals surface area (Å²) in [6, 6.07) is 0. The number of Topliss-reactive ketones (excluding diaryl/α,β-unsaturated/α-hetero) is 1. The number of thiazole rings is 1. The number of carbonyl (C=O) groups is 2. The highest BCUT2D eigenvalue weighted by Gasteiger charge is 2.26. The van der Waals surface area contributed by atoms with Crippen molar-refractivity contribution in [1.29, 1.82) is 0 Å². The van der Waals surface area contributed by atoms with Gasteiger partial charge in [0, 0.05) is 31.8 Å². The summed E-state index contributed by atoms with van der Waals surface area (Å²) < 4.78 is 0. The van der Waals surface area contributed by atoms with Crippen molar-refractivity contribution < 1.29 is 9.59 Å². The predicted molar refractivity (Wildman–Crippen MR) is 73.5 cm³/mol. The van der Waals surface area contributed by atoms with Gasteiger partial charge in [0.1, 0.15) is 10.7 Å². The Labute approximate surface area is 116 Å². The molecule has 0 atom stereocenters. The lowest BCUT2D eigenvalue weighted by atomic mass is 9.89. The van der Waals surface area contributed by atoms with Crippen LogP contribution in [0.3, 0.4) is 0 Å². The van der Waals surface area contributed by atoms with Crippen LogP contribution in [-0.4, -0.2) is 34.7 Å². The Morgan fingerprint density at radius 2 is 1.95 bits per heavy atom. The molecule has 1 amide bonds. The second kappa shape index (κ2) is 5.41. The predicted octanol–water partition coefficient (Wildman–Crippen LogP) is 2.61. The average Bonchev–Trinajstić information content (AvgIpc) is 3.10. The third-order valence-electron chi connectivity index (χ3n) is 4.02. The van der Waals surface area contributed by atoms with E-state index in [-0.39, 0.29) is 5.91 Å². The molecule has 1 saturated heterocycles. The SMILES string of the molecule is O=C1CCC(c2ncc(C(=O)N3CCCC3)s2)CC1. The monoisotopic (exact) mass is 278 g/mol. The van der Waals surface area contributed by atoms with Crippen LogP contribution in [0.4, 0.5) is 0 Å². The Bertz CT molecular complexity index is 481. The van der Waals surface area contributed by atoms with E-state index >= 15 is 0 Å². The van der Waals surface area contributed by atoms with Gasteiger partial charge >= 0.3 is 0 Å². The van der Waals surface area contributed by atoms with E-state index < -0.39 is 0 Å². The highest BCUT2D eigenvalue weighted by Crippen LogP contribution is 2.34. The van der Waals surface area contributed by atoms with Crippen molar-refractivity contribution in [2.24, 2.45) is 0 Å². The van der Waals surface area contributed by atoms with Crippen molar-refractivity contribution >= 4 is 23.0 Å². The molecule has 0 spiro atoms. The zero-order valence-corrected chi connectivity index (χ0v) is 11.7. The molecular formula is C14H18N2O2S. The van der Waals surface area contributed by atoms with E-state index in [2.05, 4.69) is 4.98 Å². The van der Waals surface area contributed by atoms with Gasteiger partial charge in [0.25, 0.3) is 5.91 Å². The molecule has 19 heavy (non-hydrogen) atoms. The summed E-state index contributed by atoms with van der Waals surface area (Å²) in [5, 5.41) is 1.04. The molecule has 0 N–H and O–H groups in total. The maximum atomic E-state index is 12.2. The maximum Gasteiger partial charge on any atom is 0.265 e. The van der Waals surface area contributed by atoms with Gasteiger partial charge in [-0.25, -0.2) is 4.98 Å². The van der Waals surface area contributed by atoms with Crippen molar-refractivity contribution in [3.8, 4) is 0 Å². The van der Waals surface area contributed by atoms with Crippen LogP contribution in [0.1, 0.15) is 59.1 Å². The van der Waals surface area contributed by atoms with E-state index in [1.54, 1.807) is 6.20 Å². The Hall–Kier alpha value is -1.23. The Morgan fingerprint density at radius 3 is 2.63 bits per heavy atom. The molecular weight excluding hydrogens is 260 g/mol. The number of amides is 1. The van der Waals surface area contributed by atoms with Crippen LogP contribution in [0.15, 0.2) is 6.20 Å². The van der Waals surface area contributed by atoms with Gasteiger partial charge in [-0.1, -0.05) is 0 Å².